The van der Waals surface area contributed by atoms with E-state index in [-0.39, 0.29) is 5.91 Å². The van der Waals surface area contributed by atoms with E-state index in [0.29, 0.717) is 12.8 Å². The molecular formula is C23H30N2O3. The van der Waals surface area contributed by atoms with Crippen LogP contribution in [0.4, 0.5) is 0 Å². The van der Waals surface area contributed by atoms with Crippen molar-refractivity contribution in [3.8, 4) is 11.5 Å². The standard InChI is InChI=1S/C23H30N2O3/c1-18-6-4-5-7-20(18)17-24-12-14-25(15-13-24)23(26)11-8-19-16-21(27-2)9-10-22(19)28-3/h4-7,9-10,16H,8,11-15,17H2,1-3H3. The van der Waals surface area contributed by atoms with E-state index in [1.807, 2.05) is 23.1 Å². The zero-order valence-electron chi connectivity index (χ0n) is 17.1. The first-order valence-corrected chi connectivity index (χ1v) is 9.86. The molecule has 2 aromatic carbocycles. The van der Waals surface area contributed by atoms with Crippen LogP contribution in [0.15, 0.2) is 42.5 Å². The number of piperazine rings is 1. The lowest BCUT2D eigenvalue weighted by atomic mass is 10.1. The fraction of sp³-hybridized carbons (Fsp3) is 0.435. The van der Waals surface area contributed by atoms with Gasteiger partial charge in [-0.2, -0.15) is 0 Å². The molecule has 0 unspecified atom stereocenters. The normalized spacial score (nSPS) is 14.8. The highest BCUT2D eigenvalue weighted by Crippen LogP contribution is 2.25. The van der Waals surface area contributed by atoms with E-state index in [2.05, 4.69) is 36.1 Å². The molecule has 28 heavy (non-hydrogen) atoms. The van der Waals surface area contributed by atoms with Crippen LogP contribution in [0, 0.1) is 6.92 Å². The molecule has 0 radical (unpaired) electrons. The average molecular weight is 383 g/mol. The summed E-state index contributed by atoms with van der Waals surface area (Å²) >= 11 is 0. The molecule has 0 aromatic heterocycles. The van der Waals surface area contributed by atoms with Crippen molar-refractivity contribution in [1.29, 1.82) is 0 Å². The summed E-state index contributed by atoms with van der Waals surface area (Å²) in [6, 6.07) is 14.2. The van der Waals surface area contributed by atoms with E-state index >= 15 is 0 Å². The molecular weight excluding hydrogens is 352 g/mol. The number of rotatable bonds is 7. The van der Waals surface area contributed by atoms with E-state index in [0.717, 1.165) is 49.8 Å². The van der Waals surface area contributed by atoms with Gasteiger partial charge in [0.05, 0.1) is 14.2 Å². The predicted molar refractivity (Wildman–Crippen MR) is 111 cm³/mol. The molecule has 1 aliphatic rings. The molecule has 1 amide bonds. The minimum atomic E-state index is 0.209. The Labute approximate surface area is 167 Å². The Morgan fingerprint density at radius 1 is 0.964 bits per heavy atom. The maximum absolute atomic E-state index is 12.7. The van der Waals surface area contributed by atoms with E-state index in [4.69, 9.17) is 9.47 Å². The number of benzene rings is 2. The molecule has 1 saturated heterocycles. The third-order valence-electron chi connectivity index (χ3n) is 5.48. The van der Waals surface area contributed by atoms with Gasteiger partial charge < -0.3 is 14.4 Å². The Balaban J connectivity index is 1.50. The number of ether oxygens (including phenoxy) is 2. The predicted octanol–water partition coefficient (Wildman–Crippen LogP) is 3.29. The van der Waals surface area contributed by atoms with E-state index in [9.17, 15) is 4.79 Å². The Kier molecular flexibility index (Phi) is 6.93. The summed E-state index contributed by atoms with van der Waals surface area (Å²) < 4.78 is 10.7. The summed E-state index contributed by atoms with van der Waals surface area (Å²) in [5.74, 6) is 1.80. The fourth-order valence-electron chi connectivity index (χ4n) is 3.66. The van der Waals surface area contributed by atoms with Gasteiger partial charge in [-0.1, -0.05) is 24.3 Å². The molecule has 0 aliphatic carbocycles. The summed E-state index contributed by atoms with van der Waals surface area (Å²) in [4.78, 5) is 17.1. The maximum Gasteiger partial charge on any atom is 0.222 e. The molecule has 5 heteroatoms. The number of amides is 1. The summed E-state index contributed by atoms with van der Waals surface area (Å²) in [5, 5.41) is 0. The van der Waals surface area contributed by atoms with Crippen LogP contribution in [-0.2, 0) is 17.8 Å². The summed E-state index contributed by atoms with van der Waals surface area (Å²) in [7, 11) is 3.30. The number of hydrogen-bond donors (Lipinski definition) is 0. The fourth-order valence-corrected chi connectivity index (χ4v) is 3.66. The van der Waals surface area contributed by atoms with E-state index in [1.165, 1.54) is 11.1 Å². The molecule has 0 saturated carbocycles. The highest BCUT2D eigenvalue weighted by Gasteiger charge is 2.21. The molecule has 3 rings (SSSR count). The molecule has 2 aromatic rings. The van der Waals surface area contributed by atoms with Gasteiger partial charge in [0.25, 0.3) is 0 Å². The van der Waals surface area contributed by atoms with Crippen LogP contribution in [0.1, 0.15) is 23.1 Å². The van der Waals surface area contributed by atoms with Crippen LogP contribution < -0.4 is 9.47 Å². The molecule has 1 aliphatic heterocycles. The monoisotopic (exact) mass is 382 g/mol. The minimum Gasteiger partial charge on any atom is -0.497 e. The van der Waals surface area contributed by atoms with Crippen molar-refractivity contribution in [2.24, 2.45) is 0 Å². The first-order valence-electron chi connectivity index (χ1n) is 9.86. The molecule has 0 bridgehead atoms. The van der Waals surface area contributed by atoms with Crippen LogP contribution in [0.2, 0.25) is 0 Å². The van der Waals surface area contributed by atoms with Crippen molar-refractivity contribution in [2.75, 3.05) is 40.4 Å². The lowest BCUT2D eigenvalue weighted by molar-refractivity contribution is -0.133. The number of hydrogen-bond acceptors (Lipinski definition) is 4. The quantitative estimate of drug-likeness (QED) is 0.737. The zero-order valence-corrected chi connectivity index (χ0v) is 17.1. The average Bonchev–Trinajstić information content (AvgIpc) is 2.74. The molecule has 0 N–H and O–H groups in total. The summed E-state index contributed by atoms with van der Waals surface area (Å²) in [6.07, 6.45) is 1.14. The number of methoxy groups -OCH3 is 2. The first kappa shape index (κ1) is 20.2. The highest BCUT2D eigenvalue weighted by molar-refractivity contribution is 5.76. The smallest absolute Gasteiger partial charge is 0.222 e. The van der Waals surface area contributed by atoms with Crippen LogP contribution in [0.3, 0.4) is 0 Å². The third-order valence-corrected chi connectivity index (χ3v) is 5.48. The van der Waals surface area contributed by atoms with Crippen molar-refractivity contribution in [3.63, 3.8) is 0 Å². The topological polar surface area (TPSA) is 42.0 Å². The van der Waals surface area contributed by atoms with Crippen molar-refractivity contribution >= 4 is 5.91 Å². The lowest BCUT2D eigenvalue weighted by Crippen LogP contribution is -2.48. The van der Waals surface area contributed by atoms with Crippen LogP contribution in [0.5, 0.6) is 11.5 Å². The Morgan fingerprint density at radius 3 is 2.39 bits per heavy atom. The minimum absolute atomic E-state index is 0.209. The Morgan fingerprint density at radius 2 is 1.71 bits per heavy atom. The molecule has 1 heterocycles. The lowest BCUT2D eigenvalue weighted by Gasteiger charge is -2.35. The molecule has 0 atom stereocenters. The van der Waals surface area contributed by atoms with Crippen LogP contribution in [0.25, 0.3) is 0 Å². The van der Waals surface area contributed by atoms with Gasteiger partial charge in [-0.05, 0) is 48.2 Å². The molecule has 1 fully saturated rings. The van der Waals surface area contributed by atoms with Gasteiger partial charge in [0.2, 0.25) is 5.91 Å². The van der Waals surface area contributed by atoms with E-state index < -0.39 is 0 Å². The Bertz CT molecular complexity index is 798. The van der Waals surface area contributed by atoms with Gasteiger partial charge in [-0.25, -0.2) is 0 Å². The van der Waals surface area contributed by atoms with Gasteiger partial charge in [0.15, 0.2) is 0 Å². The molecule has 150 valence electrons. The van der Waals surface area contributed by atoms with Crippen molar-refractivity contribution < 1.29 is 14.3 Å². The van der Waals surface area contributed by atoms with E-state index in [1.54, 1.807) is 14.2 Å². The van der Waals surface area contributed by atoms with Crippen molar-refractivity contribution in [1.82, 2.24) is 9.80 Å². The molecule has 5 nitrogen and oxygen atoms in total. The summed E-state index contributed by atoms with van der Waals surface area (Å²) in [6.45, 7) is 6.53. The molecule has 0 spiro atoms. The van der Waals surface area contributed by atoms with Crippen molar-refractivity contribution in [3.05, 3.63) is 59.2 Å². The first-order chi connectivity index (χ1) is 13.6. The second-order valence-corrected chi connectivity index (χ2v) is 7.26. The second kappa shape index (κ2) is 9.60. The van der Waals surface area contributed by atoms with Gasteiger partial charge in [0, 0.05) is 39.1 Å². The van der Waals surface area contributed by atoms with Crippen molar-refractivity contribution in [2.45, 2.75) is 26.3 Å². The summed E-state index contributed by atoms with van der Waals surface area (Å²) in [5.41, 5.74) is 3.70. The largest absolute Gasteiger partial charge is 0.497 e. The highest BCUT2D eigenvalue weighted by atomic mass is 16.5. The third kappa shape index (κ3) is 5.04. The number of carbonyl (C=O) groups is 1. The Hall–Kier alpha value is -2.53. The van der Waals surface area contributed by atoms with Crippen LogP contribution in [-0.4, -0.2) is 56.1 Å². The number of aryl methyl sites for hydroxylation is 2. The second-order valence-electron chi connectivity index (χ2n) is 7.26. The van der Waals surface area contributed by atoms with Gasteiger partial charge in [-0.15, -0.1) is 0 Å². The van der Waals surface area contributed by atoms with Crippen LogP contribution >= 0.6 is 0 Å². The van der Waals surface area contributed by atoms with Gasteiger partial charge >= 0.3 is 0 Å². The SMILES string of the molecule is COc1ccc(OC)c(CCC(=O)N2CCN(Cc3ccccc3C)CC2)c1. The number of carbonyl (C=O) groups excluding carboxylic acids is 1. The number of nitrogens with zero attached hydrogens (tertiary/aromatic N) is 2. The van der Waals surface area contributed by atoms with Gasteiger partial charge in [0.1, 0.15) is 11.5 Å². The zero-order chi connectivity index (χ0) is 19.9. The maximum atomic E-state index is 12.7. The van der Waals surface area contributed by atoms with Gasteiger partial charge in [-0.3, -0.25) is 9.69 Å².